The van der Waals surface area contributed by atoms with Crippen molar-refractivity contribution >= 4 is 22.5 Å². The van der Waals surface area contributed by atoms with Gasteiger partial charge in [0.15, 0.2) is 0 Å². The van der Waals surface area contributed by atoms with Crippen LogP contribution in [0.5, 0.6) is 0 Å². The average Bonchev–Trinajstić information content (AvgIpc) is 2.81. The van der Waals surface area contributed by atoms with Crippen molar-refractivity contribution in [1.82, 2.24) is 10.3 Å². The van der Waals surface area contributed by atoms with E-state index in [-0.39, 0.29) is 0 Å². The summed E-state index contributed by atoms with van der Waals surface area (Å²) in [6.45, 7) is 3.84. The number of H-pyrrole nitrogens is 1. The molecule has 0 spiro atoms. The zero-order valence-electron chi connectivity index (χ0n) is 11.4. The summed E-state index contributed by atoms with van der Waals surface area (Å²) in [6, 6.07) is 14.5. The fourth-order valence-electron chi connectivity index (χ4n) is 2.47. The van der Waals surface area contributed by atoms with Gasteiger partial charge in [0.05, 0.1) is 0 Å². The molecule has 0 bridgehead atoms. The summed E-state index contributed by atoms with van der Waals surface area (Å²) in [6.07, 6.45) is 2.05. The molecule has 0 saturated heterocycles. The van der Waals surface area contributed by atoms with Crippen LogP contribution in [0.3, 0.4) is 0 Å². The first-order valence-electron chi connectivity index (χ1n) is 6.74. The van der Waals surface area contributed by atoms with E-state index in [1.165, 1.54) is 22.1 Å². The van der Waals surface area contributed by atoms with Crippen molar-refractivity contribution in [2.24, 2.45) is 0 Å². The molecule has 0 saturated carbocycles. The molecule has 0 amide bonds. The highest BCUT2D eigenvalue weighted by atomic mass is 35.5. The quantitative estimate of drug-likeness (QED) is 0.729. The third-order valence-electron chi connectivity index (χ3n) is 3.46. The lowest BCUT2D eigenvalue weighted by Gasteiger charge is -2.05. The van der Waals surface area contributed by atoms with Crippen molar-refractivity contribution in [3.63, 3.8) is 0 Å². The number of halogens is 1. The van der Waals surface area contributed by atoms with Gasteiger partial charge in [-0.15, -0.1) is 0 Å². The molecular formula is C17H17ClN2. The maximum atomic E-state index is 5.99. The van der Waals surface area contributed by atoms with Gasteiger partial charge in [-0.05, 0) is 30.2 Å². The van der Waals surface area contributed by atoms with E-state index >= 15 is 0 Å². The first-order chi connectivity index (χ1) is 9.72. The van der Waals surface area contributed by atoms with Crippen LogP contribution in [0.15, 0.2) is 48.7 Å². The molecular weight excluding hydrogens is 268 g/mol. The Hall–Kier alpha value is -1.77. The summed E-state index contributed by atoms with van der Waals surface area (Å²) in [4.78, 5) is 3.26. The van der Waals surface area contributed by atoms with Crippen LogP contribution in [0.25, 0.3) is 10.9 Å². The number of aromatic nitrogens is 1. The fourth-order valence-corrected chi connectivity index (χ4v) is 2.64. The highest BCUT2D eigenvalue weighted by molar-refractivity contribution is 6.31. The lowest BCUT2D eigenvalue weighted by Crippen LogP contribution is -2.12. The maximum Gasteiger partial charge on any atom is 0.0472 e. The molecule has 0 radical (unpaired) electrons. The van der Waals surface area contributed by atoms with Crippen LogP contribution < -0.4 is 5.32 Å². The van der Waals surface area contributed by atoms with E-state index in [0.29, 0.717) is 0 Å². The van der Waals surface area contributed by atoms with Crippen LogP contribution in [0.2, 0.25) is 5.02 Å². The molecule has 3 rings (SSSR count). The normalized spacial score (nSPS) is 11.1. The maximum absolute atomic E-state index is 5.99. The van der Waals surface area contributed by atoms with Crippen LogP contribution >= 0.6 is 11.6 Å². The van der Waals surface area contributed by atoms with Gasteiger partial charge in [0.25, 0.3) is 0 Å². The second kappa shape index (κ2) is 5.70. The first-order valence-corrected chi connectivity index (χ1v) is 7.12. The molecule has 2 nitrogen and oxygen atoms in total. The second-order valence-corrected chi connectivity index (χ2v) is 5.53. The van der Waals surface area contributed by atoms with Crippen molar-refractivity contribution in [1.29, 1.82) is 0 Å². The van der Waals surface area contributed by atoms with Gasteiger partial charge in [-0.2, -0.15) is 0 Å². The lowest BCUT2D eigenvalue weighted by atomic mass is 10.1. The zero-order chi connectivity index (χ0) is 13.9. The molecule has 0 aliphatic rings. The minimum atomic E-state index is 0.763. The van der Waals surface area contributed by atoms with Gasteiger partial charge < -0.3 is 10.3 Å². The summed E-state index contributed by atoms with van der Waals surface area (Å²) in [7, 11) is 0. The first kappa shape index (κ1) is 13.2. The van der Waals surface area contributed by atoms with Gasteiger partial charge >= 0.3 is 0 Å². The number of hydrogen-bond acceptors (Lipinski definition) is 1. The lowest BCUT2D eigenvalue weighted by molar-refractivity contribution is 0.696. The minimum absolute atomic E-state index is 0.763. The Bertz CT molecular complexity index is 731. The van der Waals surface area contributed by atoms with E-state index in [2.05, 4.69) is 47.6 Å². The third-order valence-corrected chi connectivity index (χ3v) is 3.69. The van der Waals surface area contributed by atoms with Gasteiger partial charge in [-0.25, -0.2) is 0 Å². The van der Waals surface area contributed by atoms with Gasteiger partial charge in [-0.1, -0.05) is 47.5 Å². The molecule has 2 N–H and O–H groups in total. The summed E-state index contributed by atoms with van der Waals surface area (Å²) in [5, 5.41) is 5.48. The smallest absolute Gasteiger partial charge is 0.0472 e. The number of fused-ring (bicyclic) bond motifs is 1. The van der Waals surface area contributed by atoms with Crippen LogP contribution in [0.4, 0.5) is 0 Å². The van der Waals surface area contributed by atoms with Crippen LogP contribution in [-0.4, -0.2) is 4.98 Å². The number of benzene rings is 2. The highest BCUT2D eigenvalue weighted by Crippen LogP contribution is 2.21. The number of aryl methyl sites for hydroxylation is 1. The van der Waals surface area contributed by atoms with Crippen LogP contribution in [0.1, 0.15) is 16.7 Å². The Morgan fingerprint density at radius 3 is 2.85 bits per heavy atom. The van der Waals surface area contributed by atoms with Gasteiger partial charge in [0.2, 0.25) is 0 Å². The van der Waals surface area contributed by atoms with E-state index in [4.69, 9.17) is 11.6 Å². The molecule has 0 unspecified atom stereocenters. The SMILES string of the molecule is Cc1cccc(CNCc2c[nH]c3cc(Cl)ccc23)c1. The third kappa shape index (κ3) is 2.87. The summed E-state index contributed by atoms with van der Waals surface area (Å²) >= 11 is 5.99. The molecule has 0 aliphatic heterocycles. The van der Waals surface area contributed by atoms with E-state index < -0.39 is 0 Å². The molecule has 2 aromatic carbocycles. The average molecular weight is 285 g/mol. The van der Waals surface area contributed by atoms with Crippen LogP contribution in [-0.2, 0) is 13.1 Å². The topological polar surface area (TPSA) is 27.8 Å². The summed E-state index contributed by atoms with van der Waals surface area (Å²) < 4.78 is 0. The largest absolute Gasteiger partial charge is 0.361 e. The van der Waals surface area contributed by atoms with Crippen molar-refractivity contribution in [2.75, 3.05) is 0 Å². The number of rotatable bonds is 4. The predicted molar refractivity (Wildman–Crippen MR) is 85.0 cm³/mol. The summed E-state index contributed by atoms with van der Waals surface area (Å²) in [5.74, 6) is 0. The zero-order valence-corrected chi connectivity index (χ0v) is 12.2. The molecule has 0 fully saturated rings. The minimum Gasteiger partial charge on any atom is -0.361 e. The van der Waals surface area contributed by atoms with E-state index in [1.54, 1.807) is 0 Å². The van der Waals surface area contributed by atoms with Gasteiger partial charge in [-0.3, -0.25) is 0 Å². The number of nitrogens with one attached hydrogen (secondary N) is 2. The molecule has 3 heteroatoms. The Labute approximate surface area is 123 Å². The molecule has 0 atom stereocenters. The molecule has 102 valence electrons. The fraction of sp³-hybridized carbons (Fsp3) is 0.176. The molecule has 1 heterocycles. The standard InChI is InChI=1S/C17H17ClN2/c1-12-3-2-4-13(7-12)9-19-10-14-11-20-17-8-15(18)5-6-16(14)17/h2-8,11,19-20H,9-10H2,1H3. The number of aromatic amines is 1. The van der Waals surface area contributed by atoms with E-state index in [1.807, 2.05) is 18.3 Å². The monoisotopic (exact) mass is 284 g/mol. The second-order valence-electron chi connectivity index (χ2n) is 5.10. The van der Waals surface area contributed by atoms with Crippen molar-refractivity contribution in [3.05, 3.63) is 70.4 Å². The Morgan fingerprint density at radius 1 is 1.10 bits per heavy atom. The Kier molecular flexibility index (Phi) is 3.77. The Balaban J connectivity index is 1.68. The van der Waals surface area contributed by atoms with Gasteiger partial charge in [0, 0.05) is 35.2 Å². The van der Waals surface area contributed by atoms with Crippen molar-refractivity contribution in [3.8, 4) is 0 Å². The molecule has 0 aliphatic carbocycles. The summed E-state index contributed by atoms with van der Waals surface area (Å²) in [5.41, 5.74) is 4.97. The van der Waals surface area contributed by atoms with E-state index in [0.717, 1.165) is 23.6 Å². The van der Waals surface area contributed by atoms with Crippen molar-refractivity contribution < 1.29 is 0 Å². The van der Waals surface area contributed by atoms with E-state index in [9.17, 15) is 0 Å². The number of hydrogen-bond donors (Lipinski definition) is 2. The van der Waals surface area contributed by atoms with Crippen molar-refractivity contribution in [2.45, 2.75) is 20.0 Å². The predicted octanol–water partition coefficient (Wildman–Crippen LogP) is 4.42. The highest BCUT2D eigenvalue weighted by Gasteiger charge is 2.03. The molecule has 1 aromatic heterocycles. The molecule has 3 aromatic rings. The molecule has 20 heavy (non-hydrogen) atoms. The van der Waals surface area contributed by atoms with Gasteiger partial charge in [0.1, 0.15) is 0 Å². The Morgan fingerprint density at radius 2 is 2.00 bits per heavy atom. The van der Waals surface area contributed by atoms with Crippen LogP contribution in [0, 0.1) is 6.92 Å².